The van der Waals surface area contributed by atoms with Crippen LogP contribution < -0.4 is 21.7 Å². The molecule has 4 rings (SSSR count). The number of nitrogens with one attached hydrogen (secondary N) is 4. The molecule has 0 atom stereocenters. The summed E-state index contributed by atoms with van der Waals surface area (Å²) >= 11 is 0. The number of carbonyl (C=O) groups excluding carboxylic acids is 2. The number of primary amides is 1. The summed E-state index contributed by atoms with van der Waals surface area (Å²) in [6, 6.07) is 6.88. The van der Waals surface area contributed by atoms with Crippen molar-refractivity contribution >= 4 is 35.0 Å². The summed E-state index contributed by atoms with van der Waals surface area (Å²) in [7, 11) is 0. The van der Waals surface area contributed by atoms with E-state index in [0.29, 0.717) is 24.3 Å². The maximum atomic E-state index is 12.5. The first-order chi connectivity index (χ1) is 15.1. The Bertz CT molecular complexity index is 974. The quantitative estimate of drug-likeness (QED) is 0.441. The first-order valence-corrected chi connectivity index (χ1v) is 10.9. The number of benzene rings is 1. The highest BCUT2D eigenvalue weighted by atomic mass is 16.2. The number of H-pyrrole nitrogens is 1. The summed E-state index contributed by atoms with van der Waals surface area (Å²) in [6.07, 6.45) is 8.64. The average molecular weight is 423 g/mol. The number of piperidine rings is 1. The van der Waals surface area contributed by atoms with Gasteiger partial charge in [-0.15, -0.1) is 0 Å². The van der Waals surface area contributed by atoms with Crippen LogP contribution >= 0.6 is 0 Å². The van der Waals surface area contributed by atoms with Gasteiger partial charge in [0.25, 0.3) is 5.91 Å². The molecule has 0 unspecified atom stereocenters. The fourth-order valence-electron chi connectivity index (χ4n) is 4.20. The van der Waals surface area contributed by atoms with E-state index >= 15 is 0 Å². The zero-order chi connectivity index (χ0) is 21.6. The van der Waals surface area contributed by atoms with E-state index in [1.165, 1.54) is 32.4 Å². The number of hydrogen-bond acceptors (Lipinski definition) is 4. The molecule has 8 nitrogen and oxygen atoms in total. The van der Waals surface area contributed by atoms with Gasteiger partial charge in [0.1, 0.15) is 0 Å². The van der Waals surface area contributed by atoms with Gasteiger partial charge in [-0.2, -0.15) is 0 Å². The summed E-state index contributed by atoms with van der Waals surface area (Å²) < 4.78 is 0. The van der Waals surface area contributed by atoms with Crippen LogP contribution in [0, 0.1) is 0 Å². The van der Waals surface area contributed by atoms with E-state index in [1.54, 1.807) is 6.20 Å². The Labute approximate surface area is 182 Å². The minimum absolute atomic E-state index is 0.0579. The average Bonchev–Trinajstić information content (AvgIpc) is 3.39. The van der Waals surface area contributed by atoms with E-state index in [2.05, 4.69) is 25.8 Å². The van der Waals surface area contributed by atoms with Crippen LogP contribution in [0.25, 0.3) is 11.6 Å². The Kier molecular flexibility index (Phi) is 6.57. The minimum Gasteiger partial charge on any atom is -0.380 e. The number of likely N-dealkylation sites (tertiary alicyclic amines) is 1. The normalized spacial score (nSPS) is 17.2. The van der Waals surface area contributed by atoms with Crippen molar-refractivity contribution in [3.05, 3.63) is 47.3 Å². The number of rotatable bonds is 7. The molecule has 31 heavy (non-hydrogen) atoms. The van der Waals surface area contributed by atoms with Crippen LogP contribution in [0.15, 0.2) is 30.5 Å². The van der Waals surface area contributed by atoms with Crippen molar-refractivity contribution in [3.63, 3.8) is 0 Å². The van der Waals surface area contributed by atoms with Gasteiger partial charge in [0.05, 0.1) is 5.56 Å². The van der Waals surface area contributed by atoms with Crippen molar-refractivity contribution in [2.75, 3.05) is 43.4 Å². The number of anilines is 2. The zero-order valence-electron chi connectivity index (χ0n) is 17.7. The summed E-state index contributed by atoms with van der Waals surface area (Å²) in [4.78, 5) is 29.2. The molecule has 164 valence electrons. The Hall–Kier alpha value is -3.26. The molecule has 1 aromatic carbocycles. The highest BCUT2D eigenvalue weighted by Gasteiger charge is 2.17. The van der Waals surface area contributed by atoms with E-state index in [4.69, 9.17) is 5.73 Å². The Morgan fingerprint density at radius 2 is 2.00 bits per heavy atom. The standard InChI is InChI=1S/C23H30N6O2/c24-23(31)28-18-5-6-21-20(13-18)16(14-27-21)11-19-12-17(15-26-19)22(30)25-7-4-10-29-8-2-1-3-9-29/h5-6,11-13,15,26-27H,1-4,7-10,14H2,(H,25,30)(H3,24,28,31). The van der Waals surface area contributed by atoms with Crippen LogP contribution in [0.4, 0.5) is 16.2 Å². The molecule has 3 amide bonds. The lowest BCUT2D eigenvalue weighted by molar-refractivity contribution is 0.0951. The van der Waals surface area contributed by atoms with Crippen LogP contribution in [0.2, 0.25) is 0 Å². The summed E-state index contributed by atoms with van der Waals surface area (Å²) in [5.74, 6) is -0.0579. The van der Waals surface area contributed by atoms with Crippen LogP contribution in [-0.2, 0) is 0 Å². The molecule has 2 aromatic rings. The molecule has 8 heteroatoms. The number of nitrogens with zero attached hydrogens (tertiary/aromatic N) is 1. The number of aromatic amines is 1. The lowest BCUT2D eigenvalue weighted by atomic mass is 10.1. The maximum absolute atomic E-state index is 12.5. The third-order valence-electron chi connectivity index (χ3n) is 5.78. The molecule has 0 aliphatic carbocycles. The van der Waals surface area contributed by atoms with E-state index in [1.807, 2.05) is 30.3 Å². The predicted molar refractivity (Wildman–Crippen MR) is 124 cm³/mol. The molecule has 1 fully saturated rings. The van der Waals surface area contributed by atoms with Gasteiger partial charge in [-0.05, 0) is 74.8 Å². The molecule has 2 aliphatic heterocycles. The van der Waals surface area contributed by atoms with Gasteiger partial charge in [0, 0.05) is 41.9 Å². The van der Waals surface area contributed by atoms with E-state index < -0.39 is 6.03 Å². The minimum atomic E-state index is -0.590. The molecular formula is C23H30N6O2. The third kappa shape index (κ3) is 5.46. The molecule has 1 aromatic heterocycles. The van der Waals surface area contributed by atoms with E-state index in [-0.39, 0.29) is 5.91 Å². The maximum Gasteiger partial charge on any atom is 0.316 e. The second kappa shape index (κ2) is 9.70. The Morgan fingerprint density at radius 3 is 2.81 bits per heavy atom. The van der Waals surface area contributed by atoms with Crippen molar-refractivity contribution in [1.29, 1.82) is 0 Å². The number of nitrogens with two attached hydrogens (primary N) is 1. The van der Waals surface area contributed by atoms with Gasteiger partial charge in [0.2, 0.25) is 0 Å². The second-order valence-electron chi connectivity index (χ2n) is 8.13. The number of hydrogen-bond donors (Lipinski definition) is 5. The van der Waals surface area contributed by atoms with Crippen molar-refractivity contribution < 1.29 is 9.59 Å². The van der Waals surface area contributed by atoms with Crippen molar-refractivity contribution in [2.24, 2.45) is 5.73 Å². The molecule has 0 radical (unpaired) electrons. The van der Waals surface area contributed by atoms with E-state index in [0.717, 1.165) is 35.5 Å². The molecule has 1 saturated heterocycles. The summed E-state index contributed by atoms with van der Waals surface area (Å²) in [5, 5.41) is 8.95. The fourth-order valence-corrected chi connectivity index (χ4v) is 4.20. The highest BCUT2D eigenvalue weighted by Crippen LogP contribution is 2.34. The Morgan fingerprint density at radius 1 is 1.16 bits per heavy atom. The van der Waals surface area contributed by atoms with Gasteiger partial charge in [-0.1, -0.05) is 6.42 Å². The molecule has 0 bridgehead atoms. The van der Waals surface area contributed by atoms with Gasteiger partial charge in [-0.3, -0.25) is 4.79 Å². The second-order valence-corrected chi connectivity index (χ2v) is 8.13. The molecule has 3 heterocycles. The van der Waals surface area contributed by atoms with Gasteiger partial charge < -0.3 is 31.6 Å². The first-order valence-electron chi connectivity index (χ1n) is 10.9. The number of aromatic nitrogens is 1. The summed E-state index contributed by atoms with van der Waals surface area (Å²) in [6.45, 7) is 4.77. The molecular weight excluding hydrogens is 392 g/mol. The third-order valence-corrected chi connectivity index (χ3v) is 5.78. The molecule has 6 N–H and O–H groups in total. The lowest BCUT2D eigenvalue weighted by Gasteiger charge is -2.26. The van der Waals surface area contributed by atoms with Crippen LogP contribution in [0.3, 0.4) is 0 Å². The van der Waals surface area contributed by atoms with Gasteiger partial charge >= 0.3 is 6.03 Å². The van der Waals surface area contributed by atoms with E-state index in [9.17, 15) is 9.59 Å². The number of amides is 3. The molecule has 2 aliphatic rings. The van der Waals surface area contributed by atoms with Gasteiger partial charge in [0.15, 0.2) is 0 Å². The van der Waals surface area contributed by atoms with Crippen molar-refractivity contribution in [1.82, 2.24) is 15.2 Å². The monoisotopic (exact) mass is 422 g/mol. The number of carbonyl (C=O) groups is 2. The van der Waals surface area contributed by atoms with Crippen LogP contribution in [0.5, 0.6) is 0 Å². The smallest absolute Gasteiger partial charge is 0.316 e. The first kappa shape index (κ1) is 21.0. The highest BCUT2D eigenvalue weighted by molar-refractivity contribution is 5.98. The number of fused-ring (bicyclic) bond motifs is 1. The number of urea groups is 1. The van der Waals surface area contributed by atoms with Crippen molar-refractivity contribution in [2.45, 2.75) is 25.7 Å². The van der Waals surface area contributed by atoms with Crippen molar-refractivity contribution in [3.8, 4) is 0 Å². The predicted octanol–water partition coefficient (Wildman–Crippen LogP) is 3.08. The van der Waals surface area contributed by atoms with Gasteiger partial charge in [-0.25, -0.2) is 4.79 Å². The largest absolute Gasteiger partial charge is 0.380 e. The zero-order valence-corrected chi connectivity index (χ0v) is 17.7. The fraction of sp³-hybridized carbons (Fsp3) is 0.391. The Balaban J connectivity index is 1.33. The molecule has 0 saturated carbocycles. The topological polar surface area (TPSA) is 115 Å². The SMILES string of the molecule is NC(=O)Nc1ccc2c(c1)C(=Cc1cc(C(=O)NCCCN3CCCCC3)c[nH]1)CN2. The van der Waals surface area contributed by atoms with Crippen LogP contribution in [-0.4, -0.2) is 54.5 Å². The lowest BCUT2D eigenvalue weighted by Crippen LogP contribution is -2.33. The van der Waals surface area contributed by atoms with Crippen LogP contribution in [0.1, 0.15) is 47.3 Å². The molecule has 0 spiro atoms. The summed E-state index contributed by atoms with van der Waals surface area (Å²) in [5.41, 5.74) is 10.4.